The minimum Gasteiger partial charge on any atom is -0.236 e. The van der Waals surface area contributed by atoms with E-state index in [2.05, 4.69) is 4.98 Å². The molecule has 2 aromatic carbocycles. The average molecular weight is 373 g/mol. The zero-order chi connectivity index (χ0) is 18.2. The Bertz CT molecular complexity index is 848. The van der Waals surface area contributed by atoms with Gasteiger partial charge in [0.25, 0.3) is 0 Å². The Hall–Kier alpha value is -2.35. The lowest BCUT2D eigenvalue weighted by Gasteiger charge is -2.13. The molecule has 0 N–H and O–H groups in total. The van der Waals surface area contributed by atoms with Crippen LogP contribution in [0, 0.1) is 0 Å². The summed E-state index contributed by atoms with van der Waals surface area (Å²) in [5.41, 5.74) is -2.12. The molecule has 0 bridgehead atoms. The largest absolute Gasteiger partial charge is 0.416 e. The molecule has 0 saturated heterocycles. The van der Waals surface area contributed by atoms with Gasteiger partial charge in [-0.15, -0.1) is 11.3 Å². The summed E-state index contributed by atoms with van der Waals surface area (Å²) in [5.74, 6) is 0. The van der Waals surface area contributed by atoms with Gasteiger partial charge in [0, 0.05) is 16.5 Å². The van der Waals surface area contributed by atoms with E-state index in [0.717, 1.165) is 16.9 Å². The summed E-state index contributed by atoms with van der Waals surface area (Å²) in [5, 5.41) is 1.96. The van der Waals surface area contributed by atoms with Gasteiger partial charge in [0.1, 0.15) is 5.01 Å². The van der Waals surface area contributed by atoms with Crippen molar-refractivity contribution in [2.45, 2.75) is 12.4 Å². The molecule has 0 spiro atoms. The van der Waals surface area contributed by atoms with E-state index in [1.807, 2.05) is 0 Å². The third kappa shape index (κ3) is 3.84. The molecule has 0 aliphatic rings. The van der Waals surface area contributed by atoms with E-state index in [-0.39, 0.29) is 17.3 Å². The monoisotopic (exact) mass is 373 g/mol. The summed E-state index contributed by atoms with van der Waals surface area (Å²) in [6.07, 6.45) is -9.76. The van der Waals surface area contributed by atoms with Crippen LogP contribution in [-0.2, 0) is 12.4 Å². The smallest absolute Gasteiger partial charge is 0.236 e. The zero-order valence-corrected chi connectivity index (χ0v) is 13.1. The van der Waals surface area contributed by atoms with Crippen molar-refractivity contribution in [2.75, 3.05) is 0 Å². The van der Waals surface area contributed by atoms with E-state index in [1.54, 1.807) is 30.3 Å². The molecule has 0 fully saturated rings. The Morgan fingerprint density at radius 1 is 0.720 bits per heavy atom. The van der Waals surface area contributed by atoms with Crippen LogP contribution >= 0.6 is 11.3 Å². The highest BCUT2D eigenvalue weighted by Crippen LogP contribution is 2.39. The van der Waals surface area contributed by atoms with Crippen molar-refractivity contribution in [3.63, 3.8) is 0 Å². The Morgan fingerprint density at radius 3 is 1.80 bits per heavy atom. The van der Waals surface area contributed by atoms with Gasteiger partial charge in [-0.25, -0.2) is 4.98 Å². The first-order valence-corrected chi connectivity index (χ1v) is 7.83. The molecule has 25 heavy (non-hydrogen) atoms. The van der Waals surface area contributed by atoms with Gasteiger partial charge in [0.2, 0.25) is 0 Å². The maximum atomic E-state index is 12.9. The van der Waals surface area contributed by atoms with Crippen molar-refractivity contribution in [3.05, 3.63) is 65.0 Å². The van der Waals surface area contributed by atoms with Crippen LogP contribution in [0.2, 0.25) is 0 Å². The third-order valence-corrected chi connectivity index (χ3v) is 4.30. The number of rotatable bonds is 2. The molecule has 0 unspecified atom stereocenters. The molecule has 0 radical (unpaired) electrons. The predicted octanol–water partition coefficient (Wildman–Crippen LogP) is 6.51. The highest BCUT2D eigenvalue weighted by molar-refractivity contribution is 7.13. The fourth-order valence-electron chi connectivity index (χ4n) is 2.22. The van der Waals surface area contributed by atoms with E-state index in [4.69, 9.17) is 0 Å². The fourth-order valence-corrected chi connectivity index (χ4v) is 3.06. The van der Waals surface area contributed by atoms with Crippen LogP contribution in [0.1, 0.15) is 11.1 Å². The quantitative estimate of drug-likeness (QED) is 0.466. The standard InChI is InChI=1S/C17H9F6NS/c18-16(19,20)12-6-11(7-13(8-12)17(21,22)23)14-9-25-15(24-14)10-4-2-1-3-5-10/h1-9H. The summed E-state index contributed by atoms with van der Waals surface area (Å²) in [4.78, 5) is 4.18. The van der Waals surface area contributed by atoms with Crippen molar-refractivity contribution >= 4 is 11.3 Å². The average Bonchev–Trinajstić information content (AvgIpc) is 3.04. The summed E-state index contributed by atoms with van der Waals surface area (Å²) in [7, 11) is 0. The minimum atomic E-state index is -4.88. The predicted molar refractivity (Wildman–Crippen MR) is 83.0 cm³/mol. The van der Waals surface area contributed by atoms with Gasteiger partial charge >= 0.3 is 12.4 Å². The van der Waals surface area contributed by atoms with Crippen molar-refractivity contribution in [1.29, 1.82) is 0 Å². The highest BCUT2D eigenvalue weighted by Gasteiger charge is 2.37. The molecule has 3 aromatic rings. The first-order chi connectivity index (χ1) is 11.6. The molecule has 130 valence electrons. The van der Waals surface area contributed by atoms with Gasteiger partial charge in [0.15, 0.2) is 0 Å². The van der Waals surface area contributed by atoms with Crippen molar-refractivity contribution < 1.29 is 26.3 Å². The molecule has 0 aliphatic carbocycles. The third-order valence-electron chi connectivity index (χ3n) is 3.41. The minimum absolute atomic E-state index is 0.0699. The summed E-state index contributed by atoms with van der Waals surface area (Å²) in [6.45, 7) is 0. The van der Waals surface area contributed by atoms with E-state index < -0.39 is 23.5 Å². The molecular weight excluding hydrogens is 364 g/mol. The molecule has 1 nitrogen and oxygen atoms in total. The number of hydrogen-bond donors (Lipinski definition) is 0. The fraction of sp³-hybridized carbons (Fsp3) is 0.118. The van der Waals surface area contributed by atoms with E-state index in [1.165, 1.54) is 5.38 Å². The summed E-state index contributed by atoms with van der Waals surface area (Å²) >= 11 is 1.15. The van der Waals surface area contributed by atoms with Gasteiger partial charge in [-0.2, -0.15) is 26.3 Å². The maximum absolute atomic E-state index is 12.9. The summed E-state index contributed by atoms with van der Waals surface area (Å²) in [6, 6.07) is 10.3. The van der Waals surface area contributed by atoms with Crippen LogP contribution in [0.4, 0.5) is 26.3 Å². The van der Waals surface area contributed by atoms with E-state index in [9.17, 15) is 26.3 Å². The van der Waals surface area contributed by atoms with Crippen LogP contribution in [0.3, 0.4) is 0 Å². The van der Waals surface area contributed by atoms with Crippen LogP contribution in [0.15, 0.2) is 53.9 Å². The van der Waals surface area contributed by atoms with Gasteiger partial charge in [0.05, 0.1) is 16.8 Å². The van der Waals surface area contributed by atoms with Gasteiger partial charge in [-0.05, 0) is 18.2 Å². The number of nitrogens with zero attached hydrogens (tertiary/aromatic N) is 1. The molecule has 0 aliphatic heterocycles. The second-order valence-corrected chi connectivity index (χ2v) is 6.06. The molecule has 1 heterocycles. The number of halogens is 6. The zero-order valence-electron chi connectivity index (χ0n) is 12.3. The molecule has 8 heteroatoms. The van der Waals surface area contributed by atoms with E-state index in [0.29, 0.717) is 17.1 Å². The molecule has 3 rings (SSSR count). The first kappa shape index (κ1) is 17.5. The molecule has 1 aromatic heterocycles. The number of alkyl halides is 6. The normalized spacial score (nSPS) is 12.4. The van der Waals surface area contributed by atoms with Crippen LogP contribution in [-0.4, -0.2) is 4.98 Å². The molecule has 0 amide bonds. The molecule has 0 atom stereocenters. The highest BCUT2D eigenvalue weighted by atomic mass is 32.1. The van der Waals surface area contributed by atoms with Crippen molar-refractivity contribution in [3.8, 4) is 21.8 Å². The lowest BCUT2D eigenvalue weighted by Crippen LogP contribution is -2.11. The topological polar surface area (TPSA) is 12.9 Å². The lowest BCUT2D eigenvalue weighted by atomic mass is 10.0. The maximum Gasteiger partial charge on any atom is 0.416 e. The van der Waals surface area contributed by atoms with Crippen molar-refractivity contribution in [2.24, 2.45) is 0 Å². The Morgan fingerprint density at radius 2 is 1.28 bits per heavy atom. The number of thiazole rings is 1. The first-order valence-electron chi connectivity index (χ1n) is 6.95. The Balaban J connectivity index is 2.09. The number of hydrogen-bond acceptors (Lipinski definition) is 2. The lowest BCUT2D eigenvalue weighted by molar-refractivity contribution is -0.143. The number of benzene rings is 2. The van der Waals surface area contributed by atoms with Crippen molar-refractivity contribution in [1.82, 2.24) is 4.98 Å². The van der Waals surface area contributed by atoms with Crippen LogP contribution in [0.25, 0.3) is 21.8 Å². The Kier molecular flexibility index (Phi) is 4.32. The second kappa shape index (κ2) is 6.18. The number of aromatic nitrogens is 1. The second-order valence-electron chi connectivity index (χ2n) is 5.20. The molecular formula is C17H9F6NS. The SMILES string of the molecule is FC(F)(F)c1cc(-c2csc(-c3ccccc3)n2)cc(C(F)(F)F)c1. The van der Waals surface area contributed by atoms with Gasteiger partial charge < -0.3 is 0 Å². The summed E-state index contributed by atoms with van der Waals surface area (Å²) < 4.78 is 77.6. The van der Waals surface area contributed by atoms with Crippen LogP contribution < -0.4 is 0 Å². The molecule has 0 saturated carbocycles. The van der Waals surface area contributed by atoms with Gasteiger partial charge in [-0.1, -0.05) is 30.3 Å². The van der Waals surface area contributed by atoms with E-state index >= 15 is 0 Å². The van der Waals surface area contributed by atoms with Gasteiger partial charge in [-0.3, -0.25) is 0 Å². The van der Waals surface area contributed by atoms with Crippen LogP contribution in [0.5, 0.6) is 0 Å². The Labute approximate surface area is 142 Å².